The molecule has 0 atom stereocenters. The van der Waals surface area contributed by atoms with E-state index in [9.17, 15) is 4.39 Å². The first kappa shape index (κ1) is 14.9. The number of hydrogen-bond acceptors (Lipinski definition) is 2. The van der Waals surface area contributed by atoms with Crippen molar-refractivity contribution in [3.63, 3.8) is 0 Å². The van der Waals surface area contributed by atoms with Crippen molar-refractivity contribution in [2.24, 2.45) is 0 Å². The lowest BCUT2D eigenvalue weighted by atomic mass is 10.1. The standard InChI is InChI=1S/C22H15FN2O/c23-17-12-10-15(11-13-17)14-25-21-18-8-4-5-9-19(18)26-22(21)20(24-25)16-6-2-1-3-7-16/h1-13H,14H2. The maximum atomic E-state index is 13.2. The molecule has 0 N–H and O–H groups in total. The minimum atomic E-state index is -0.238. The molecule has 0 spiro atoms. The Bertz CT molecular complexity index is 1200. The van der Waals surface area contributed by atoms with E-state index in [1.54, 1.807) is 12.1 Å². The Labute approximate surface area is 149 Å². The molecule has 0 bridgehead atoms. The summed E-state index contributed by atoms with van der Waals surface area (Å²) in [5.74, 6) is -0.238. The number of hydrogen-bond donors (Lipinski definition) is 0. The van der Waals surface area contributed by atoms with Gasteiger partial charge in [-0.15, -0.1) is 0 Å². The molecule has 0 aliphatic carbocycles. The molecule has 0 radical (unpaired) electrons. The Hall–Kier alpha value is -3.40. The van der Waals surface area contributed by atoms with Crippen molar-refractivity contribution in [1.82, 2.24) is 9.78 Å². The highest BCUT2D eigenvalue weighted by molar-refractivity contribution is 6.07. The first-order valence-electron chi connectivity index (χ1n) is 8.47. The zero-order valence-electron chi connectivity index (χ0n) is 13.9. The third-order valence-corrected chi connectivity index (χ3v) is 4.56. The number of para-hydroxylation sites is 1. The van der Waals surface area contributed by atoms with Gasteiger partial charge in [-0.2, -0.15) is 5.10 Å². The first-order chi connectivity index (χ1) is 12.8. The Morgan fingerprint density at radius 1 is 0.846 bits per heavy atom. The fraction of sp³-hybridized carbons (Fsp3) is 0.0455. The normalized spacial score (nSPS) is 11.4. The van der Waals surface area contributed by atoms with Crippen molar-refractivity contribution in [3.8, 4) is 11.3 Å². The average molecular weight is 342 g/mol. The van der Waals surface area contributed by atoms with Crippen molar-refractivity contribution in [2.75, 3.05) is 0 Å². The van der Waals surface area contributed by atoms with Crippen molar-refractivity contribution in [2.45, 2.75) is 6.54 Å². The van der Waals surface area contributed by atoms with Crippen LogP contribution in [0.15, 0.2) is 83.3 Å². The Balaban J connectivity index is 1.75. The molecular formula is C22H15FN2O. The molecule has 0 saturated carbocycles. The smallest absolute Gasteiger partial charge is 0.181 e. The maximum absolute atomic E-state index is 13.2. The number of rotatable bonds is 3. The molecule has 3 aromatic carbocycles. The van der Waals surface area contributed by atoms with E-state index in [4.69, 9.17) is 9.52 Å². The summed E-state index contributed by atoms with van der Waals surface area (Å²) in [7, 11) is 0. The van der Waals surface area contributed by atoms with E-state index in [1.165, 1.54) is 12.1 Å². The fourth-order valence-electron chi connectivity index (χ4n) is 3.33. The number of fused-ring (bicyclic) bond motifs is 3. The van der Waals surface area contributed by atoms with Gasteiger partial charge in [0.05, 0.1) is 6.54 Å². The average Bonchev–Trinajstić information content (AvgIpc) is 3.22. The van der Waals surface area contributed by atoms with Gasteiger partial charge in [-0.3, -0.25) is 4.68 Å². The predicted octanol–water partition coefficient (Wildman–Crippen LogP) is 5.64. The fourth-order valence-corrected chi connectivity index (χ4v) is 3.33. The van der Waals surface area contributed by atoms with Gasteiger partial charge in [0.25, 0.3) is 0 Å². The van der Waals surface area contributed by atoms with Crippen molar-refractivity contribution >= 4 is 22.1 Å². The molecule has 0 saturated heterocycles. The van der Waals surface area contributed by atoms with Gasteiger partial charge in [0.1, 0.15) is 22.6 Å². The molecule has 0 aliphatic rings. The second-order valence-electron chi connectivity index (χ2n) is 6.27. The number of benzene rings is 3. The third kappa shape index (κ3) is 2.39. The summed E-state index contributed by atoms with van der Waals surface area (Å²) < 4.78 is 21.3. The largest absolute Gasteiger partial charge is 0.452 e. The van der Waals surface area contributed by atoms with E-state index in [2.05, 4.69) is 0 Å². The van der Waals surface area contributed by atoms with Gasteiger partial charge in [-0.05, 0) is 29.8 Å². The lowest BCUT2D eigenvalue weighted by Crippen LogP contribution is -2.02. The van der Waals surface area contributed by atoms with E-state index >= 15 is 0 Å². The first-order valence-corrected chi connectivity index (χ1v) is 8.47. The molecule has 5 aromatic rings. The van der Waals surface area contributed by atoms with Crippen LogP contribution in [0.3, 0.4) is 0 Å². The monoisotopic (exact) mass is 342 g/mol. The van der Waals surface area contributed by atoms with E-state index in [0.717, 1.165) is 38.9 Å². The highest BCUT2D eigenvalue weighted by Crippen LogP contribution is 2.35. The van der Waals surface area contributed by atoms with Gasteiger partial charge in [0.15, 0.2) is 5.58 Å². The Kier molecular flexibility index (Phi) is 3.35. The van der Waals surface area contributed by atoms with Crippen LogP contribution < -0.4 is 0 Å². The Morgan fingerprint density at radius 3 is 2.38 bits per heavy atom. The minimum Gasteiger partial charge on any atom is -0.452 e. The number of halogens is 1. The van der Waals surface area contributed by atoms with Crippen LogP contribution in [0, 0.1) is 5.82 Å². The Morgan fingerprint density at radius 2 is 1.58 bits per heavy atom. The summed E-state index contributed by atoms with van der Waals surface area (Å²) >= 11 is 0. The molecule has 2 heterocycles. The summed E-state index contributed by atoms with van der Waals surface area (Å²) in [5.41, 5.74) is 5.39. The number of aromatic nitrogens is 2. The van der Waals surface area contributed by atoms with Crippen LogP contribution in [-0.4, -0.2) is 9.78 Å². The van der Waals surface area contributed by atoms with Crippen LogP contribution in [0.25, 0.3) is 33.3 Å². The van der Waals surface area contributed by atoms with E-state index < -0.39 is 0 Å². The maximum Gasteiger partial charge on any atom is 0.181 e. The molecule has 26 heavy (non-hydrogen) atoms. The van der Waals surface area contributed by atoms with Crippen molar-refractivity contribution < 1.29 is 8.81 Å². The summed E-state index contributed by atoms with van der Waals surface area (Å²) in [6.45, 7) is 0.549. The van der Waals surface area contributed by atoms with Gasteiger partial charge in [0, 0.05) is 10.9 Å². The summed E-state index contributed by atoms with van der Waals surface area (Å²) in [6.07, 6.45) is 0. The van der Waals surface area contributed by atoms with Gasteiger partial charge in [-0.25, -0.2) is 4.39 Å². The molecule has 0 amide bonds. The summed E-state index contributed by atoms with van der Waals surface area (Å²) in [6, 6.07) is 24.5. The topological polar surface area (TPSA) is 31.0 Å². The zero-order chi connectivity index (χ0) is 17.5. The third-order valence-electron chi connectivity index (χ3n) is 4.56. The molecule has 5 rings (SSSR count). The lowest BCUT2D eigenvalue weighted by Gasteiger charge is -2.03. The summed E-state index contributed by atoms with van der Waals surface area (Å²) in [5, 5.41) is 5.84. The van der Waals surface area contributed by atoms with Gasteiger partial charge in [0.2, 0.25) is 0 Å². The predicted molar refractivity (Wildman–Crippen MR) is 100 cm³/mol. The van der Waals surface area contributed by atoms with Gasteiger partial charge < -0.3 is 4.42 Å². The van der Waals surface area contributed by atoms with Crippen molar-refractivity contribution in [1.29, 1.82) is 0 Å². The molecule has 0 aliphatic heterocycles. The minimum absolute atomic E-state index is 0.238. The SMILES string of the molecule is Fc1ccc(Cn2nc(-c3ccccc3)c3oc4ccccc4c32)cc1. The number of furan rings is 1. The number of nitrogens with zero attached hydrogens (tertiary/aromatic N) is 2. The molecule has 3 nitrogen and oxygen atoms in total. The summed E-state index contributed by atoms with van der Waals surface area (Å²) in [4.78, 5) is 0. The van der Waals surface area contributed by atoms with Crippen LogP contribution in [-0.2, 0) is 6.54 Å². The molecule has 0 fully saturated rings. The van der Waals surface area contributed by atoms with Crippen molar-refractivity contribution in [3.05, 3.63) is 90.2 Å². The highest BCUT2D eigenvalue weighted by atomic mass is 19.1. The van der Waals surface area contributed by atoms with Gasteiger partial charge in [-0.1, -0.05) is 54.6 Å². The molecule has 2 aromatic heterocycles. The molecule has 4 heteroatoms. The second-order valence-corrected chi connectivity index (χ2v) is 6.27. The van der Waals surface area contributed by atoms with E-state index in [0.29, 0.717) is 6.54 Å². The zero-order valence-corrected chi connectivity index (χ0v) is 13.9. The van der Waals surface area contributed by atoms with Crippen LogP contribution in [0.4, 0.5) is 4.39 Å². The molecular weight excluding hydrogens is 327 g/mol. The second kappa shape index (κ2) is 5.85. The quantitative estimate of drug-likeness (QED) is 0.425. The van der Waals surface area contributed by atoms with E-state index in [-0.39, 0.29) is 5.82 Å². The van der Waals surface area contributed by atoms with E-state index in [1.807, 2.05) is 59.3 Å². The van der Waals surface area contributed by atoms with Gasteiger partial charge >= 0.3 is 0 Å². The molecule has 126 valence electrons. The van der Waals surface area contributed by atoms with Crippen LogP contribution in [0.2, 0.25) is 0 Å². The van der Waals surface area contributed by atoms with Crippen LogP contribution in [0.1, 0.15) is 5.56 Å². The van der Waals surface area contributed by atoms with Crippen LogP contribution in [0.5, 0.6) is 0 Å². The molecule has 0 unspecified atom stereocenters. The highest BCUT2D eigenvalue weighted by Gasteiger charge is 2.19. The lowest BCUT2D eigenvalue weighted by molar-refractivity contribution is 0.625. The van der Waals surface area contributed by atoms with Crippen LogP contribution >= 0.6 is 0 Å².